The van der Waals surface area contributed by atoms with E-state index in [1.165, 1.54) is 4.90 Å². The van der Waals surface area contributed by atoms with Crippen LogP contribution in [0.3, 0.4) is 0 Å². The van der Waals surface area contributed by atoms with Crippen molar-refractivity contribution in [3.8, 4) is 0 Å². The highest BCUT2D eigenvalue weighted by Crippen LogP contribution is 2.25. The van der Waals surface area contributed by atoms with E-state index in [9.17, 15) is 0 Å². The van der Waals surface area contributed by atoms with E-state index < -0.39 is 0 Å². The smallest absolute Gasteiger partial charge is 0.0781 e. The summed E-state index contributed by atoms with van der Waals surface area (Å²) in [5.74, 6) is 1.75. The molecule has 2 rings (SSSR count). The molecule has 2 nitrogen and oxygen atoms in total. The number of aliphatic hydroxyl groups is 1. The lowest BCUT2D eigenvalue weighted by Gasteiger charge is -2.27. The van der Waals surface area contributed by atoms with Crippen LogP contribution in [-0.2, 0) is 4.74 Å². The second-order valence-electron chi connectivity index (χ2n) is 5.44. The zero-order valence-corrected chi connectivity index (χ0v) is 12.9. The van der Waals surface area contributed by atoms with Gasteiger partial charge >= 0.3 is 0 Å². The quantitative estimate of drug-likeness (QED) is 0.610. The van der Waals surface area contributed by atoms with Crippen molar-refractivity contribution in [3.63, 3.8) is 0 Å². The van der Waals surface area contributed by atoms with Crippen LogP contribution in [0.1, 0.15) is 26.2 Å². The average molecular weight is 292 g/mol. The van der Waals surface area contributed by atoms with E-state index >= 15 is 0 Å². The van der Waals surface area contributed by atoms with Crippen LogP contribution in [-0.4, -0.2) is 29.7 Å². The van der Waals surface area contributed by atoms with Gasteiger partial charge in [0.25, 0.3) is 0 Å². The third-order valence-corrected chi connectivity index (χ3v) is 4.81. The molecule has 0 saturated carbocycles. The molecule has 0 saturated heterocycles. The van der Waals surface area contributed by atoms with Crippen LogP contribution in [0.5, 0.6) is 0 Å². The summed E-state index contributed by atoms with van der Waals surface area (Å²) in [7, 11) is 0. The van der Waals surface area contributed by atoms with Gasteiger partial charge < -0.3 is 9.84 Å². The van der Waals surface area contributed by atoms with Crippen molar-refractivity contribution in [2.45, 2.75) is 43.3 Å². The largest absolute Gasteiger partial charge is 0.396 e. The molecule has 0 unspecified atom stereocenters. The van der Waals surface area contributed by atoms with Gasteiger partial charge in [-0.3, -0.25) is 0 Å². The standard InChI is InChI=1S/C17H24O2S/c1-14(13-20-17-8-3-2-4-9-17)12-16-7-5-6-15(19-16)10-11-18/h2-6,8-9,14-16,18H,7,10-13H2,1H3/t14-,15+,16+/m1/s1. The Morgan fingerprint density at radius 3 is 2.90 bits per heavy atom. The molecule has 3 heteroatoms. The fourth-order valence-electron chi connectivity index (χ4n) is 2.45. The molecular weight excluding hydrogens is 268 g/mol. The average Bonchev–Trinajstić information content (AvgIpc) is 2.47. The maximum Gasteiger partial charge on any atom is 0.0781 e. The number of rotatable bonds is 7. The number of thioether (sulfide) groups is 1. The minimum Gasteiger partial charge on any atom is -0.396 e. The van der Waals surface area contributed by atoms with Crippen LogP contribution in [0.4, 0.5) is 0 Å². The molecule has 1 N–H and O–H groups in total. The van der Waals surface area contributed by atoms with Gasteiger partial charge in [0.1, 0.15) is 0 Å². The van der Waals surface area contributed by atoms with Gasteiger partial charge in [0.2, 0.25) is 0 Å². The Kier molecular flexibility index (Phi) is 6.64. The van der Waals surface area contributed by atoms with Gasteiger partial charge in [-0.15, -0.1) is 11.8 Å². The Morgan fingerprint density at radius 1 is 1.35 bits per heavy atom. The van der Waals surface area contributed by atoms with Crippen LogP contribution in [0.2, 0.25) is 0 Å². The summed E-state index contributed by atoms with van der Waals surface area (Å²) in [5.41, 5.74) is 0. The summed E-state index contributed by atoms with van der Waals surface area (Å²) in [6.45, 7) is 2.49. The van der Waals surface area contributed by atoms with Gasteiger partial charge in [-0.2, -0.15) is 0 Å². The van der Waals surface area contributed by atoms with Crippen molar-refractivity contribution in [1.82, 2.24) is 0 Å². The van der Waals surface area contributed by atoms with Crippen LogP contribution in [0.25, 0.3) is 0 Å². The van der Waals surface area contributed by atoms with E-state index in [-0.39, 0.29) is 12.7 Å². The molecular formula is C17H24O2S. The Labute approximate surface area is 126 Å². The van der Waals surface area contributed by atoms with E-state index in [1.807, 2.05) is 11.8 Å². The van der Waals surface area contributed by atoms with Gasteiger partial charge in [0.15, 0.2) is 0 Å². The van der Waals surface area contributed by atoms with Crippen molar-refractivity contribution in [1.29, 1.82) is 0 Å². The monoisotopic (exact) mass is 292 g/mol. The summed E-state index contributed by atoms with van der Waals surface area (Å²) < 4.78 is 5.99. The molecule has 0 bridgehead atoms. The number of aliphatic hydroxyl groups excluding tert-OH is 1. The fourth-order valence-corrected chi connectivity index (χ4v) is 3.41. The molecule has 0 radical (unpaired) electrons. The predicted octanol–water partition coefficient (Wildman–Crippen LogP) is 3.90. The van der Waals surface area contributed by atoms with Gasteiger partial charge in [-0.1, -0.05) is 37.3 Å². The van der Waals surface area contributed by atoms with Gasteiger partial charge in [-0.05, 0) is 30.9 Å². The Morgan fingerprint density at radius 2 is 2.15 bits per heavy atom. The van der Waals surface area contributed by atoms with Crippen LogP contribution < -0.4 is 0 Å². The van der Waals surface area contributed by atoms with Crippen LogP contribution >= 0.6 is 11.8 Å². The Hall–Kier alpha value is -0.770. The van der Waals surface area contributed by atoms with Gasteiger partial charge in [0.05, 0.1) is 12.2 Å². The zero-order chi connectivity index (χ0) is 14.2. The van der Waals surface area contributed by atoms with E-state index in [0.717, 1.165) is 18.6 Å². The van der Waals surface area contributed by atoms with E-state index in [0.29, 0.717) is 18.4 Å². The second-order valence-corrected chi connectivity index (χ2v) is 6.53. The first-order chi connectivity index (χ1) is 9.78. The molecule has 1 aromatic carbocycles. The first kappa shape index (κ1) is 15.6. The van der Waals surface area contributed by atoms with E-state index in [2.05, 4.69) is 49.4 Å². The molecule has 0 amide bonds. The summed E-state index contributed by atoms with van der Waals surface area (Å²) >= 11 is 1.91. The molecule has 0 spiro atoms. The molecule has 1 heterocycles. The zero-order valence-electron chi connectivity index (χ0n) is 12.1. The number of hydrogen-bond acceptors (Lipinski definition) is 3. The lowest BCUT2D eigenvalue weighted by atomic mass is 10.0. The molecule has 1 aliphatic rings. The topological polar surface area (TPSA) is 29.5 Å². The number of benzene rings is 1. The molecule has 0 aliphatic carbocycles. The van der Waals surface area contributed by atoms with Gasteiger partial charge in [0, 0.05) is 23.7 Å². The molecule has 3 atom stereocenters. The predicted molar refractivity (Wildman–Crippen MR) is 85.1 cm³/mol. The molecule has 20 heavy (non-hydrogen) atoms. The van der Waals surface area contributed by atoms with E-state index in [4.69, 9.17) is 9.84 Å². The summed E-state index contributed by atoms with van der Waals surface area (Å²) in [5, 5.41) is 8.98. The molecule has 0 fully saturated rings. The maximum absolute atomic E-state index is 8.98. The van der Waals surface area contributed by atoms with Crippen LogP contribution in [0.15, 0.2) is 47.4 Å². The van der Waals surface area contributed by atoms with Crippen molar-refractivity contribution < 1.29 is 9.84 Å². The first-order valence-electron chi connectivity index (χ1n) is 7.38. The molecule has 1 aromatic rings. The first-order valence-corrected chi connectivity index (χ1v) is 8.37. The summed E-state index contributed by atoms with van der Waals surface area (Å²) in [4.78, 5) is 1.34. The summed E-state index contributed by atoms with van der Waals surface area (Å²) in [6.07, 6.45) is 7.49. The molecule has 0 aromatic heterocycles. The van der Waals surface area contributed by atoms with Crippen molar-refractivity contribution in [2.24, 2.45) is 5.92 Å². The Bertz CT molecular complexity index is 405. The van der Waals surface area contributed by atoms with Crippen LogP contribution in [0, 0.1) is 5.92 Å². The molecule has 1 aliphatic heterocycles. The van der Waals surface area contributed by atoms with Crippen molar-refractivity contribution in [2.75, 3.05) is 12.4 Å². The van der Waals surface area contributed by atoms with Gasteiger partial charge in [-0.25, -0.2) is 0 Å². The molecule has 110 valence electrons. The number of ether oxygens (including phenoxy) is 1. The highest BCUT2D eigenvalue weighted by Gasteiger charge is 2.20. The highest BCUT2D eigenvalue weighted by molar-refractivity contribution is 7.99. The summed E-state index contributed by atoms with van der Waals surface area (Å²) in [6, 6.07) is 10.5. The minimum atomic E-state index is 0.104. The van der Waals surface area contributed by atoms with E-state index in [1.54, 1.807) is 0 Å². The second kappa shape index (κ2) is 8.50. The lowest BCUT2D eigenvalue weighted by Crippen LogP contribution is -2.26. The Balaban J connectivity index is 1.71. The highest BCUT2D eigenvalue weighted by atomic mass is 32.2. The maximum atomic E-state index is 8.98. The third-order valence-electron chi connectivity index (χ3n) is 3.47. The van der Waals surface area contributed by atoms with Crippen molar-refractivity contribution in [3.05, 3.63) is 42.5 Å². The SMILES string of the molecule is C[C@@H](CSc1ccccc1)C[C@@H]1CC=C[C@@H](CCO)O1. The third kappa shape index (κ3) is 5.31. The lowest BCUT2D eigenvalue weighted by molar-refractivity contribution is -0.0141. The minimum absolute atomic E-state index is 0.104. The fraction of sp³-hybridized carbons (Fsp3) is 0.529. The van der Waals surface area contributed by atoms with Crippen molar-refractivity contribution >= 4 is 11.8 Å². The normalized spacial score (nSPS) is 23.7. The number of hydrogen-bond donors (Lipinski definition) is 1.